The van der Waals surface area contributed by atoms with E-state index in [-0.39, 0.29) is 24.6 Å². The standard InChI is InChI=1S/C12H16FNO2/c1-2-14-11-6-9(7-15)16-12-5-8(13)3-4-10(11)12/h3-5,9,11,14-15H,2,6-7H2,1H3. The highest BCUT2D eigenvalue weighted by Gasteiger charge is 2.27. The van der Waals surface area contributed by atoms with Crippen LogP contribution in [0.25, 0.3) is 0 Å². The van der Waals surface area contributed by atoms with Crippen LogP contribution in [0.5, 0.6) is 5.75 Å². The number of rotatable bonds is 3. The molecule has 88 valence electrons. The van der Waals surface area contributed by atoms with Gasteiger partial charge in [-0.3, -0.25) is 0 Å². The maximum Gasteiger partial charge on any atom is 0.127 e. The van der Waals surface area contributed by atoms with Crippen LogP contribution in [0.1, 0.15) is 24.9 Å². The molecule has 0 bridgehead atoms. The second-order valence-corrected chi connectivity index (χ2v) is 3.95. The summed E-state index contributed by atoms with van der Waals surface area (Å²) in [7, 11) is 0. The molecule has 0 saturated carbocycles. The zero-order chi connectivity index (χ0) is 11.5. The highest BCUT2D eigenvalue weighted by atomic mass is 19.1. The van der Waals surface area contributed by atoms with E-state index >= 15 is 0 Å². The van der Waals surface area contributed by atoms with E-state index < -0.39 is 0 Å². The SMILES string of the molecule is CCNC1CC(CO)Oc2cc(F)ccc21. The van der Waals surface area contributed by atoms with E-state index in [2.05, 4.69) is 5.32 Å². The first-order chi connectivity index (χ1) is 7.74. The van der Waals surface area contributed by atoms with Crippen molar-refractivity contribution in [1.29, 1.82) is 0 Å². The van der Waals surface area contributed by atoms with Crippen LogP contribution in [0.4, 0.5) is 4.39 Å². The molecule has 0 fully saturated rings. The third kappa shape index (κ3) is 2.18. The summed E-state index contributed by atoms with van der Waals surface area (Å²) in [5, 5.41) is 12.4. The van der Waals surface area contributed by atoms with Gasteiger partial charge in [-0.1, -0.05) is 13.0 Å². The van der Waals surface area contributed by atoms with Gasteiger partial charge in [0.25, 0.3) is 0 Å². The number of benzene rings is 1. The van der Waals surface area contributed by atoms with E-state index in [9.17, 15) is 4.39 Å². The largest absolute Gasteiger partial charge is 0.488 e. The monoisotopic (exact) mass is 225 g/mol. The van der Waals surface area contributed by atoms with Crippen LogP contribution < -0.4 is 10.1 Å². The summed E-state index contributed by atoms with van der Waals surface area (Å²) < 4.78 is 18.6. The van der Waals surface area contributed by atoms with Gasteiger partial charge in [-0.2, -0.15) is 0 Å². The third-order valence-electron chi connectivity index (χ3n) is 2.80. The number of aliphatic hydroxyl groups is 1. The molecule has 0 radical (unpaired) electrons. The summed E-state index contributed by atoms with van der Waals surface area (Å²) in [6.07, 6.45) is 0.460. The maximum absolute atomic E-state index is 13.1. The fraction of sp³-hybridized carbons (Fsp3) is 0.500. The first-order valence-electron chi connectivity index (χ1n) is 5.55. The zero-order valence-electron chi connectivity index (χ0n) is 9.24. The van der Waals surface area contributed by atoms with Gasteiger partial charge in [0.1, 0.15) is 17.7 Å². The quantitative estimate of drug-likeness (QED) is 0.821. The molecule has 1 aromatic carbocycles. The predicted octanol–water partition coefficient (Wildman–Crippen LogP) is 1.62. The Labute approximate surface area is 94.2 Å². The van der Waals surface area contributed by atoms with E-state index in [0.29, 0.717) is 12.2 Å². The van der Waals surface area contributed by atoms with Gasteiger partial charge < -0.3 is 15.2 Å². The van der Waals surface area contributed by atoms with Crippen molar-refractivity contribution in [2.24, 2.45) is 0 Å². The minimum Gasteiger partial charge on any atom is -0.488 e. The van der Waals surface area contributed by atoms with Gasteiger partial charge in [0.15, 0.2) is 0 Å². The zero-order valence-corrected chi connectivity index (χ0v) is 9.24. The number of fused-ring (bicyclic) bond motifs is 1. The molecule has 1 aliphatic rings. The molecule has 1 aliphatic heterocycles. The van der Waals surface area contributed by atoms with Crippen LogP contribution in [0, 0.1) is 5.82 Å². The molecule has 1 heterocycles. The van der Waals surface area contributed by atoms with Gasteiger partial charge >= 0.3 is 0 Å². The lowest BCUT2D eigenvalue weighted by molar-refractivity contribution is 0.0833. The lowest BCUT2D eigenvalue weighted by Gasteiger charge is -2.31. The summed E-state index contributed by atoms with van der Waals surface area (Å²) >= 11 is 0. The van der Waals surface area contributed by atoms with Crippen molar-refractivity contribution in [3.63, 3.8) is 0 Å². The van der Waals surface area contributed by atoms with Crippen molar-refractivity contribution in [2.45, 2.75) is 25.5 Å². The molecule has 3 nitrogen and oxygen atoms in total. The Morgan fingerprint density at radius 1 is 1.56 bits per heavy atom. The molecule has 2 rings (SSSR count). The van der Waals surface area contributed by atoms with Gasteiger partial charge in [0.05, 0.1) is 6.61 Å². The number of hydrogen-bond donors (Lipinski definition) is 2. The van der Waals surface area contributed by atoms with Crippen molar-refractivity contribution in [3.8, 4) is 5.75 Å². The van der Waals surface area contributed by atoms with Crippen molar-refractivity contribution < 1.29 is 14.2 Å². The Kier molecular flexibility index (Phi) is 3.41. The van der Waals surface area contributed by atoms with Gasteiger partial charge in [0.2, 0.25) is 0 Å². The second kappa shape index (κ2) is 4.80. The molecule has 2 atom stereocenters. The molecular formula is C12H16FNO2. The Balaban J connectivity index is 2.30. The van der Waals surface area contributed by atoms with Crippen LogP contribution in [0.3, 0.4) is 0 Å². The lowest BCUT2D eigenvalue weighted by Crippen LogP contribution is -2.34. The summed E-state index contributed by atoms with van der Waals surface area (Å²) in [4.78, 5) is 0. The number of ether oxygens (including phenoxy) is 1. The molecular weight excluding hydrogens is 209 g/mol. The maximum atomic E-state index is 13.1. The Hall–Kier alpha value is -1.13. The van der Waals surface area contributed by atoms with E-state index in [1.165, 1.54) is 12.1 Å². The number of halogens is 1. The minimum absolute atomic E-state index is 0.0438. The lowest BCUT2D eigenvalue weighted by atomic mass is 9.96. The van der Waals surface area contributed by atoms with E-state index in [1.807, 2.05) is 6.92 Å². The minimum atomic E-state index is -0.312. The van der Waals surface area contributed by atoms with Gasteiger partial charge in [-0.25, -0.2) is 4.39 Å². The van der Waals surface area contributed by atoms with E-state index in [1.54, 1.807) is 6.07 Å². The summed E-state index contributed by atoms with van der Waals surface area (Å²) in [5.41, 5.74) is 0.966. The molecule has 0 aromatic heterocycles. The van der Waals surface area contributed by atoms with Gasteiger partial charge in [-0.05, 0) is 12.6 Å². The number of hydrogen-bond acceptors (Lipinski definition) is 3. The van der Waals surface area contributed by atoms with Crippen molar-refractivity contribution >= 4 is 0 Å². The topological polar surface area (TPSA) is 41.5 Å². The van der Waals surface area contributed by atoms with Crippen molar-refractivity contribution in [1.82, 2.24) is 5.32 Å². The molecule has 4 heteroatoms. The molecule has 16 heavy (non-hydrogen) atoms. The Morgan fingerprint density at radius 3 is 3.06 bits per heavy atom. The van der Waals surface area contributed by atoms with Crippen LogP contribution >= 0.6 is 0 Å². The Bertz CT molecular complexity index is 370. The summed E-state index contributed by atoms with van der Waals surface area (Å²) in [6.45, 7) is 2.81. The predicted molar refractivity (Wildman–Crippen MR) is 58.9 cm³/mol. The average molecular weight is 225 g/mol. The normalized spacial score (nSPS) is 23.7. The smallest absolute Gasteiger partial charge is 0.127 e. The van der Waals surface area contributed by atoms with E-state index in [0.717, 1.165) is 12.1 Å². The van der Waals surface area contributed by atoms with Crippen LogP contribution in [0.15, 0.2) is 18.2 Å². The van der Waals surface area contributed by atoms with Crippen molar-refractivity contribution in [2.75, 3.05) is 13.2 Å². The molecule has 1 aromatic rings. The van der Waals surface area contributed by atoms with Gasteiger partial charge in [0, 0.05) is 24.1 Å². The third-order valence-corrected chi connectivity index (χ3v) is 2.80. The highest BCUT2D eigenvalue weighted by molar-refractivity contribution is 5.38. The number of nitrogens with one attached hydrogen (secondary N) is 1. The first kappa shape index (κ1) is 11.4. The fourth-order valence-electron chi connectivity index (χ4n) is 2.07. The van der Waals surface area contributed by atoms with Crippen LogP contribution in [0.2, 0.25) is 0 Å². The summed E-state index contributed by atoms with van der Waals surface area (Å²) in [6, 6.07) is 4.69. The highest BCUT2D eigenvalue weighted by Crippen LogP contribution is 2.34. The molecule has 0 aliphatic carbocycles. The molecule has 2 N–H and O–H groups in total. The second-order valence-electron chi connectivity index (χ2n) is 3.95. The molecule has 0 spiro atoms. The molecule has 0 amide bonds. The summed E-state index contributed by atoms with van der Waals surface area (Å²) in [5.74, 6) is 0.226. The molecule has 0 saturated heterocycles. The molecule has 2 unspecified atom stereocenters. The fourth-order valence-corrected chi connectivity index (χ4v) is 2.07. The van der Waals surface area contributed by atoms with Crippen molar-refractivity contribution in [3.05, 3.63) is 29.6 Å². The number of aliphatic hydroxyl groups excluding tert-OH is 1. The Morgan fingerprint density at radius 2 is 2.38 bits per heavy atom. The van der Waals surface area contributed by atoms with Crippen LogP contribution in [-0.4, -0.2) is 24.4 Å². The first-order valence-corrected chi connectivity index (χ1v) is 5.55. The average Bonchev–Trinajstić information content (AvgIpc) is 2.28. The van der Waals surface area contributed by atoms with E-state index in [4.69, 9.17) is 9.84 Å². The van der Waals surface area contributed by atoms with Crippen LogP contribution in [-0.2, 0) is 0 Å². The van der Waals surface area contributed by atoms with Gasteiger partial charge in [-0.15, -0.1) is 0 Å².